The van der Waals surface area contributed by atoms with Crippen molar-refractivity contribution in [1.82, 2.24) is 10.2 Å². The molecule has 5 rings (SSSR count). The van der Waals surface area contributed by atoms with Crippen molar-refractivity contribution >= 4 is 17.6 Å². The third-order valence-electron chi connectivity index (χ3n) is 9.93. The number of halogens is 3. The Morgan fingerprint density at radius 1 is 1.04 bits per heavy atom. The van der Waals surface area contributed by atoms with Gasteiger partial charge >= 0.3 is 6.36 Å². The van der Waals surface area contributed by atoms with Crippen LogP contribution in [0.3, 0.4) is 0 Å². The molecule has 2 heterocycles. The van der Waals surface area contributed by atoms with E-state index >= 15 is 0 Å². The number of fused-ring (bicyclic) bond motifs is 1. The lowest BCUT2D eigenvalue weighted by molar-refractivity contribution is -0.274. The molecule has 0 radical (unpaired) electrons. The van der Waals surface area contributed by atoms with Gasteiger partial charge in [0.2, 0.25) is 11.8 Å². The average Bonchev–Trinajstić information content (AvgIpc) is 3.14. The number of ketones is 1. The van der Waals surface area contributed by atoms with E-state index in [1.165, 1.54) is 12.1 Å². The van der Waals surface area contributed by atoms with Crippen LogP contribution in [-0.2, 0) is 21.4 Å². The first-order valence-electron chi connectivity index (χ1n) is 15.5. The lowest BCUT2D eigenvalue weighted by atomic mass is 9.63. The number of nitrogens with zero attached hydrogens (tertiary/aromatic N) is 1. The summed E-state index contributed by atoms with van der Waals surface area (Å²) in [6, 6.07) is 11.7. The van der Waals surface area contributed by atoms with Crippen molar-refractivity contribution < 1.29 is 37.0 Å². The van der Waals surface area contributed by atoms with E-state index in [9.17, 15) is 27.6 Å². The second kappa shape index (κ2) is 12.9. The van der Waals surface area contributed by atoms with Gasteiger partial charge in [0.05, 0.1) is 17.9 Å². The summed E-state index contributed by atoms with van der Waals surface area (Å²) in [5, 5.41) is 2.40. The molecule has 1 aliphatic carbocycles. The normalized spacial score (nSPS) is 25.5. The largest absolute Gasteiger partial charge is 0.573 e. The van der Waals surface area contributed by atoms with Crippen molar-refractivity contribution in [1.29, 1.82) is 0 Å². The summed E-state index contributed by atoms with van der Waals surface area (Å²) < 4.78 is 48.5. The van der Waals surface area contributed by atoms with Crippen LogP contribution in [0.1, 0.15) is 73.9 Å². The molecule has 2 amide bonds. The van der Waals surface area contributed by atoms with Crippen molar-refractivity contribution in [2.45, 2.75) is 70.6 Å². The van der Waals surface area contributed by atoms with Gasteiger partial charge in [-0.3, -0.25) is 19.7 Å². The van der Waals surface area contributed by atoms with Crippen molar-refractivity contribution in [2.24, 2.45) is 17.3 Å². The van der Waals surface area contributed by atoms with Crippen molar-refractivity contribution in [3.63, 3.8) is 0 Å². The van der Waals surface area contributed by atoms with Crippen molar-refractivity contribution in [3.05, 3.63) is 59.2 Å². The number of benzene rings is 2. The molecule has 2 saturated heterocycles. The maximum atomic E-state index is 14.0. The van der Waals surface area contributed by atoms with Crippen LogP contribution in [0.15, 0.2) is 42.5 Å². The Labute approximate surface area is 261 Å². The highest BCUT2D eigenvalue weighted by Crippen LogP contribution is 2.46. The van der Waals surface area contributed by atoms with Crippen LogP contribution in [-0.4, -0.2) is 55.1 Å². The van der Waals surface area contributed by atoms with E-state index in [1.54, 1.807) is 25.1 Å². The zero-order valence-electron chi connectivity index (χ0n) is 25.7. The van der Waals surface area contributed by atoms with Crippen molar-refractivity contribution in [3.8, 4) is 23.8 Å². The predicted molar refractivity (Wildman–Crippen MR) is 162 cm³/mol. The SMILES string of the molecule is C#CC1CCc2c(OCCCN3CCC(C)(c4cccc(OC(F)(F)F)c4)CC3)cccc2C(=O)C1[C@@]1(C)CCC(=O)NC1=O. The fourth-order valence-electron chi connectivity index (χ4n) is 7.13. The smallest absolute Gasteiger partial charge is 0.493 e. The minimum absolute atomic E-state index is 0.166. The Balaban J connectivity index is 1.18. The first-order chi connectivity index (χ1) is 21.3. The number of piperidine rings is 2. The number of amides is 2. The monoisotopic (exact) mass is 624 g/mol. The molecule has 2 unspecified atom stereocenters. The second-order valence-corrected chi connectivity index (χ2v) is 12.9. The molecule has 2 fully saturated rings. The van der Waals surface area contributed by atoms with Gasteiger partial charge < -0.3 is 14.4 Å². The Morgan fingerprint density at radius 3 is 2.47 bits per heavy atom. The van der Waals surface area contributed by atoms with E-state index in [0.29, 0.717) is 30.8 Å². The van der Waals surface area contributed by atoms with E-state index in [1.807, 2.05) is 12.1 Å². The van der Waals surface area contributed by atoms with Gasteiger partial charge in [-0.05, 0) is 87.7 Å². The number of nitrogens with one attached hydrogen (secondary N) is 1. The number of hydrogen-bond acceptors (Lipinski definition) is 6. The molecule has 2 aromatic carbocycles. The molecule has 3 atom stereocenters. The van der Waals surface area contributed by atoms with Gasteiger partial charge in [0.1, 0.15) is 11.5 Å². The molecular weight excluding hydrogens is 585 g/mol. The summed E-state index contributed by atoms with van der Waals surface area (Å²) in [5.41, 5.74) is 0.829. The molecule has 10 heteroatoms. The van der Waals surface area contributed by atoms with Crippen LogP contribution >= 0.6 is 0 Å². The number of imide groups is 1. The van der Waals surface area contributed by atoms with Gasteiger partial charge in [-0.15, -0.1) is 25.5 Å². The Hall–Kier alpha value is -3.84. The Kier molecular flexibility index (Phi) is 9.31. The number of carbonyl (C=O) groups excluding carboxylic acids is 3. The van der Waals surface area contributed by atoms with E-state index in [-0.39, 0.29) is 35.7 Å². The number of hydrogen-bond donors (Lipinski definition) is 1. The Bertz CT molecular complexity index is 1490. The lowest BCUT2D eigenvalue weighted by Gasteiger charge is -2.40. The summed E-state index contributed by atoms with van der Waals surface area (Å²) in [4.78, 5) is 41.1. The molecule has 0 aromatic heterocycles. The van der Waals surface area contributed by atoms with E-state index in [2.05, 4.69) is 27.8 Å². The molecule has 45 heavy (non-hydrogen) atoms. The first kappa shape index (κ1) is 32.6. The summed E-state index contributed by atoms with van der Waals surface area (Å²) >= 11 is 0. The fraction of sp³-hybridized carbons (Fsp3) is 0.514. The average molecular weight is 625 g/mol. The van der Waals surface area contributed by atoms with Gasteiger partial charge in [-0.1, -0.05) is 31.2 Å². The first-order valence-corrected chi connectivity index (χ1v) is 15.5. The molecule has 2 aliphatic heterocycles. The maximum absolute atomic E-state index is 14.0. The second-order valence-electron chi connectivity index (χ2n) is 12.9. The van der Waals surface area contributed by atoms with Crippen molar-refractivity contribution in [2.75, 3.05) is 26.2 Å². The van der Waals surface area contributed by atoms with E-state index in [0.717, 1.165) is 50.0 Å². The lowest BCUT2D eigenvalue weighted by Crippen LogP contribution is -2.54. The number of alkyl halides is 3. The zero-order valence-corrected chi connectivity index (χ0v) is 25.7. The third kappa shape index (κ3) is 7.04. The molecule has 0 saturated carbocycles. The van der Waals surface area contributed by atoms with Crippen LogP contribution in [0.4, 0.5) is 13.2 Å². The van der Waals surface area contributed by atoms with Crippen LogP contribution in [0.25, 0.3) is 0 Å². The summed E-state index contributed by atoms with van der Waals surface area (Å²) in [7, 11) is 0. The number of likely N-dealkylation sites (tertiary alicyclic amines) is 1. The molecule has 7 nitrogen and oxygen atoms in total. The number of terminal acetylenes is 1. The quantitative estimate of drug-likeness (QED) is 0.172. The zero-order chi connectivity index (χ0) is 32.4. The number of carbonyl (C=O) groups is 3. The van der Waals surface area contributed by atoms with E-state index in [4.69, 9.17) is 11.2 Å². The van der Waals surface area contributed by atoms with Crippen LogP contribution < -0.4 is 14.8 Å². The standard InChI is InChI=1S/C35H39F3N2O5/c1-4-23-12-13-26-27(31(42)30(23)34(3)15-14-29(41)39-32(34)43)10-6-11-28(26)44-21-7-18-40-19-16-33(2,17-20-40)24-8-5-9-25(22-24)45-35(36,37)38/h1,5-6,8-11,22-23,30H,7,12-21H2,2-3H3,(H,39,41,43)/t23?,30?,34-/m1/s1. The number of ether oxygens (including phenoxy) is 2. The highest BCUT2D eigenvalue weighted by Gasteiger charge is 2.52. The topological polar surface area (TPSA) is 84.9 Å². The molecule has 240 valence electrons. The highest BCUT2D eigenvalue weighted by atomic mass is 19.4. The van der Waals surface area contributed by atoms with Gasteiger partial charge in [0.15, 0.2) is 5.78 Å². The van der Waals surface area contributed by atoms with Gasteiger partial charge in [-0.2, -0.15) is 0 Å². The van der Waals surface area contributed by atoms with Crippen LogP contribution in [0.2, 0.25) is 0 Å². The van der Waals surface area contributed by atoms with Gasteiger partial charge in [-0.25, -0.2) is 0 Å². The molecule has 1 N–H and O–H groups in total. The molecule has 3 aliphatic rings. The predicted octanol–water partition coefficient (Wildman–Crippen LogP) is 5.85. The molecule has 2 aromatic rings. The summed E-state index contributed by atoms with van der Waals surface area (Å²) in [6.45, 7) is 6.67. The molecular formula is C35H39F3N2O5. The fourth-order valence-corrected chi connectivity index (χ4v) is 7.13. The molecule has 0 spiro atoms. The maximum Gasteiger partial charge on any atom is 0.573 e. The minimum atomic E-state index is -4.72. The minimum Gasteiger partial charge on any atom is -0.493 e. The van der Waals surface area contributed by atoms with E-state index < -0.39 is 29.5 Å². The van der Waals surface area contributed by atoms with Gasteiger partial charge in [0.25, 0.3) is 0 Å². The Morgan fingerprint density at radius 2 is 1.78 bits per heavy atom. The third-order valence-corrected chi connectivity index (χ3v) is 9.93. The highest BCUT2D eigenvalue weighted by molar-refractivity contribution is 6.07. The number of rotatable bonds is 8. The van der Waals surface area contributed by atoms with Crippen LogP contribution in [0.5, 0.6) is 11.5 Å². The number of Topliss-reactive ketones (excluding diaryl/α,β-unsaturated/α-hetero) is 1. The summed E-state index contributed by atoms with van der Waals surface area (Å²) in [5.74, 6) is 1.04. The summed E-state index contributed by atoms with van der Waals surface area (Å²) in [6.07, 6.45) is 5.04. The molecule has 0 bridgehead atoms. The van der Waals surface area contributed by atoms with Crippen LogP contribution in [0, 0.1) is 29.6 Å². The van der Waals surface area contributed by atoms with Gasteiger partial charge in [0, 0.05) is 30.0 Å².